The van der Waals surface area contributed by atoms with Crippen molar-refractivity contribution in [3.63, 3.8) is 0 Å². The second-order valence-corrected chi connectivity index (χ2v) is 6.77. The molecule has 0 radical (unpaired) electrons. The summed E-state index contributed by atoms with van der Waals surface area (Å²) in [6.45, 7) is 4.84. The van der Waals surface area contributed by atoms with Gasteiger partial charge in [0.2, 0.25) is 0 Å². The molecule has 104 valence electrons. The van der Waals surface area contributed by atoms with Gasteiger partial charge >= 0.3 is 0 Å². The van der Waals surface area contributed by atoms with E-state index in [9.17, 15) is 0 Å². The number of hydrogen-bond donors (Lipinski definition) is 1. The van der Waals surface area contributed by atoms with Gasteiger partial charge in [0, 0.05) is 12.1 Å². The minimum atomic E-state index is 0.607. The summed E-state index contributed by atoms with van der Waals surface area (Å²) in [6, 6.07) is 10.4. The van der Waals surface area contributed by atoms with E-state index in [1.807, 2.05) is 0 Å². The van der Waals surface area contributed by atoms with Gasteiger partial charge in [0.1, 0.15) is 0 Å². The van der Waals surface area contributed by atoms with Crippen molar-refractivity contribution >= 4 is 0 Å². The summed E-state index contributed by atoms with van der Waals surface area (Å²) < 4.78 is 0. The molecule has 19 heavy (non-hydrogen) atoms. The van der Waals surface area contributed by atoms with Crippen LogP contribution in [0.5, 0.6) is 0 Å². The van der Waals surface area contributed by atoms with Crippen molar-refractivity contribution in [3.8, 4) is 0 Å². The van der Waals surface area contributed by atoms with Crippen LogP contribution in [0.25, 0.3) is 0 Å². The highest BCUT2D eigenvalue weighted by Gasteiger charge is 2.28. The van der Waals surface area contributed by atoms with Gasteiger partial charge in [0.15, 0.2) is 0 Å². The van der Waals surface area contributed by atoms with E-state index >= 15 is 0 Å². The average molecular weight is 257 g/mol. The third-order valence-corrected chi connectivity index (χ3v) is 5.40. The molecule has 2 aliphatic carbocycles. The van der Waals surface area contributed by atoms with Crippen LogP contribution < -0.4 is 5.32 Å². The molecule has 1 fully saturated rings. The van der Waals surface area contributed by atoms with Crippen LogP contribution in [0, 0.1) is 11.8 Å². The Morgan fingerprint density at radius 1 is 1.00 bits per heavy atom. The van der Waals surface area contributed by atoms with Crippen molar-refractivity contribution in [1.29, 1.82) is 0 Å². The smallest absolute Gasteiger partial charge is 0.0325 e. The summed E-state index contributed by atoms with van der Waals surface area (Å²) >= 11 is 0. The van der Waals surface area contributed by atoms with Crippen LogP contribution >= 0.6 is 0 Å². The fraction of sp³-hybridized carbons (Fsp3) is 0.667. The minimum absolute atomic E-state index is 0.607. The van der Waals surface area contributed by atoms with E-state index in [2.05, 4.69) is 43.4 Å². The highest BCUT2D eigenvalue weighted by Crippen LogP contribution is 2.34. The van der Waals surface area contributed by atoms with Gasteiger partial charge in [-0.15, -0.1) is 0 Å². The topological polar surface area (TPSA) is 12.0 Å². The zero-order valence-corrected chi connectivity index (χ0v) is 12.4. The van der Waals surface area contributed by atoms with Gasteiger partial charge in [0.25, 0.3) is 0 Å². The van der Waals surface area contributed by atoms with Gasteiger partial charge in [-0.1, -0.05) is 38.1 Å². The number of aryl methyl sites for hydroxylation is 1. The molecule has 1 heteroatoms. The molecule has 1 N–H and O–H groups in total. The zero-order chi connectivity index (χ0) is 13.2. The number of rotatable bonds is 2. The maximum absolute atomic E-state index is 3.96. The maximum Gasteiger partial charge on any atom is 0.0325 e. The van der Waals surface area contributed by atoms with Crippen LogP contribution in [-0.2, 0) is 6.42 Å². The number of fused-ring (bicyclic) bond motifs is 1. The SMILES string of the molecule is CC1CCC(NC2CCCc3ccccc32)CC1C. The molecule has 1 aromatic rings. The van der Waals surface area contributed by atoms with E-state index in [0.717, 1.165) is 17.9 Å². The first-order valence-electron chi connectivity index (χ1n) is 8.08. The van der Waals surface area contributed by atoms with E-state index in [4.69, 9.17) is 0 Å². The molecule has 3 rings (SSSR count). The van der Waals surface area contributed by atoms with Gasteiger partial charge < -0.3 is 5.32 Å². The second-order valence-electron chi connectivity index (χ2n) is 6.77. The lowest BCUT2D eigenvalue weighted by atomic mass is 9.78. The highest BCUT2D eigenvalue weighted by atomic mass is 15.0. The van der Waals surface area contributed by atoms with Crippen LogP contribution in [0.2, 0.25) is 0 Å². The molecule has 0 aromatic heterocycles. The molecule has 0 spiro atoms. The molecule has 1 aromatic carbocycles. The van der Waals surface area contributed by atoms with E-state index < -0.39 is 0 Å². The van der Waals surface area contributed by atoms with Crippen molar-refractivity contribution in [2.24, 2.45) is 11.8 Å². The third kappa shape index (κ3) is 2.86. The Hall–Kier alpha value is -0.820. The highest BCUT2D eigenvalue weighted by molar-refractivity contribution is 5.32. The predicted molar refractivity (Wildman–Crippen MR) is 81.2 cm³/mol. The van der Waals surface area contributed by atoms with Crippen molar-refractivity contribution in [1.82, 2.24) is 5.32 Å². The normalized spacial score (nSPS) is 34.8. The molecule has 0 saturated heterocycles. The van der Waals surface area contributed by atoms with Crippen molar-refractivity contribution in [3.05, 3.63) is 35.4 Å². The van der Waals surface area contributed by atoms with Gasteiger partial charge in [-0.2, -0.15) is 0 Å². The Kier molecular flexibility index (Phi) is 3.93. The molecule has 0 bridgehead atoms. The van der Waals surface area contributed by atoms with E-state index in [1.54, 1.807) is 11.1 Å². The van der Waals surface area contributed by atoms with E-state index in [0.29, 0.717) is 6.04 Å². The molecule has 4 unspecified atom stereocenters. The molecule has 1 saturated carbocycles. The van der Waals surface area contributed by atoms with Gasteiger partial charge in [-0.25, -0.2) is 0 Å². The maximum atomic E-state index is 3.96. The number of nitrogens with one attached hydrogen (secondary N) is 1. The molecule has 4 atom stereocenters. The lowest BCUT2D eigenvalue weighted by Gasteiger charge is -2.36. The Morgan fingerprint density at radius 2 is 1.84 bits per heavy atom. The first-order chi connectivity index (χ1) is 9.24. The summed E-state index contributed by atoms with van der Waals surface area (Å²) in [4.78, 5) is 0. The summed E-state index contributed by atoms with van der Waals surface area (Å²) in [5, 5.41) is 3.96. The van der Waals surface area contributed by atoms with Crippen LogP contribution in [0.4, 0.5) is 0 Å². The van der Waals surface area contributed by atoms with E-state index in [-0.39, 0.29) is 0 Å². The lowest BCUT2D eigenvalue weighted by Crippen LogP contribution is -2.39. The van der Waals surface area contributed by atoms with Crippen LogP contribution in [-0.4, -0.2) is 6.04 Å². The largest absolute Gasteiger partial charge is 0.307 e. The molecular weight excluding hydrogens is 230 g/mol. The molecule has 1 nitrogen and oxygen atoms in total. The first-order valence-corrected chi connectivity index (χ1v) is 8.08. The Labute approximate surface area is 117 Å². The lowest BCUT2D eigenvalue weighted by molar-refractivity contribution is 0.211. The van der Waals surface area contributed by atoms with Gasteiger partial charge in [-0.05, 0) is 61.5 Å². The fourth-order valence-corrected chi connectivity index (χ4v) is 3.91. The fourth-order valence-electron chi connectivity index (χ4n) is 3.91. The summed E-state index contributed by atoms with van der Waals surface area (Å²) in [6.07, 6.45) is 8.05. The Balaban J connectivity index is 1.68. The van der Waals surface area contributed by atoms with Crippen molar-refractivity contribution in [2.45, 2.75) is 64.5 Å². The summed E-state index contributed by atoms with van der Waals surface area (Å²) in [5.74, 6) is 1.79. The quantitative estimate of drug-likeness (QED) is 0.823. The summed E-state index contributed by atoms with van der Waals surface area (Å²) in [7, 11) is 0. The minimum Gasteiger partial charge on any atom is -0.307 e. The zero-order valence-electron chi connectivity index (χ0n) is 12.4. The van der Waals surface area contributed by atoms with Gasteiger partial charge in [0.05, 0.1) is 0 Å². The Bertz CT molecular complexity index is 425. The molecule has 0 heterocycles. The first kappa shape index (κ1) is 13.2. The van der Waals surface area contributed by atoms with Gasteiger partial charge in [-0.3, -0.25) is 0 Å². The molecule has 0 aliphatic heterocycles. The third-order valence-electron chi connectivity index (χ3n) is 5.40. The van der Waals surface area contributed by atoms with Crippen LogP contribution in [0.15, 0.2) is 24.3 Å². The van der Waals surface area contributed by atoms with Crippen molar-refractivity contribution in [2.75, 3.05) is 0 Å². The van der Waals surface area contributed by atoms with E-state index in [1.165, 1.54) is 38.5 Å². The predicted octanol–water partition coefficient (Wildman–Crippen LogP) is 4.48. The standard InChI is InChI=1S/C18H27N/c1-13-10-11-16(12-14(13)2)19-18-9-5-7-15-6-3-4-8-17(15)18/h3-4,6,8,13-14,16,18-19H,5,7,9-12H2,1-2H3. The monoisotopic (exact) mass is 257 g/mol. The summed E-state index contributed by atoms with van der Waals surface area (Å²) in [5.41, 5.74) is 3.14. The Morgan fingerprint density at radius 3 is 2.68 bits per heavy atom. The second kappa shape index (κ2) is 5.66. The number of benzene rings is 1. The average Bonchev–Trinajstić information content (AvgIpc) is 2.43. The molecule has 0 amide bonds. The molecule has 2 aliphatic rings. The van der Waals surface area contributed by atoms with Crippen LogP contribution in [0.3, 0.4) is 0 Å². The molecular formula is C18H27N. The number of hydrogen-bond acceptors (Lipinski definition) is 1. The van der Waals surface area contributed by atoms with Crippen molar-refractivity contribution < 1.29 is 0 Å². The van der Waals surface area contributed by atoms with Crippen LogP contribution in [0.1, 0.15) is 63.1 Å².